The Hall–Kier alpha value is -1.27. The lowest BCUT2D eigenvalue weighted by Gasteiger charge is -2.19. The molecule has 6 heteroatoms. The van der Waals surface area contributed by atoms with Gasteiger partial charge in [0.15, 0.2) is 0 Å². The van der Waals surface area contributed by atoms with Crippen LogP contribution in [0.5, 0.6) is 5.75 Å². The Labute approximate surface area is 110 Å². The van der Waals surface area contributed by atoms with Crippen LogP contribution in [-0.2, 0) is 6.18 Å². The molecule has 0 aliphatic heterocycles. The molecule has 2 unspecified atom stereocenters. The second kappa shape index (κ2) is 6.25. The second-order valence-corrected chi connectivity index (χ2v) is 4.48. The van der Waals surface area contributed by atoms with Crippen LogP contribution >= 0.6 is 0 Å². The fraction of sp³-hybridized carbons (Fsp3) is 0.538. The average Bonchev–Trinajstić information content (AvgIpc) is 2.36. The van der Waals surface area contributed by atoms with E-state index in [0.717, 1.165) is 12.1 Å². The molecule has 0 aliphatic carbocycles. The Kier molecular flexibility index (Phi) is 5.20. The van der Waals surface area contributed by atoms with Crippen LogP contribution in [0.15, 0.2) is 18.2 Å². The van der Waals surface area contributed by atoms with Crippen molar-refractivity contribution < 1.29 is 23.0 Å². The topological polar surface area (TPSA) is 55.5 Å². The van der Waals surface area contributed by atoms with E-state index in [1.54, 1.807) is 0 Å². The highest BCUT2D eigenvalue weighted by atomic mass is 19.4. The summed E-state index contributed by atoms with van der Waals surface area (Å²) < 4.78 is 42.8. The fourth-order valence-corrected chi connectivity index (χ4v) is 1.93. The van der Waals surface area contributed by atoms with Crippen molar-refractivity contribution in [2.45, 2.75) is 31.5 Å². The SMILES string of the molecule is COc1cc(C(F)(F)F)ccc1C(C)CC(O)CN. The first-order valence-corrected chi connectivity index (χ1v) is 5.92. The molecule has 0 saturated carbocycles. The molecule has 0 aliphatic rings. The Bertz CT molecular complexity index is 421. The fourth-order valence-electron chi connectivity index (χ4n) is 1.93. The Balaban J connectivity index is 3.02. The maximum absolute atomic E-state index is 12.6. The molecule has 3 nitrogen and oxygen atoms in total. The zero-order valence-electron chi connectivity index (χ0n) is 10.9. The van der Waals surface area contributed by atoms with Crippen LogP contribution in [0.1, 0.15) is 30.4 Å². The van der Waals surface area contributed by atoms with E-state index in [-0.39, 0.29) is 18.2 Å². The summed E-state index contributed by atoms with van der Waals surface area (Å²) in [5, 5.41) is 9.49. The van der Waals surface area contributed by atoms with Gasteiger partial charge in [-0.15, -0.1) is 0 Å². The molecule has 0 heterocycles. The molecule has 0 aromatic heterocycles. The smallest absolute Gasteiger partial charge is 0.416 e. The molecular weight excluding hydrogens is 259 g/mol. The Morgan fingerprint density at radius 2 is 2.00 bits per heavy atom. The van der Waals surface area contributed by atoms with Gasteiger partial charge in [0.25, 0.3) is 0 Å². The summed E-state index contributed by atoms with van der Waals surface area (Å²) in [6.45, 7) is 1.93. The van der Waals surface area contributed by atoms with Crippen LogP contribution in [0.3, 0.4) is 0 Å². The molecule has 0 spiro atoms. The minimum absolute atomic E-state index is 0.118. The molecule has 0 bridgehead atoms. The van der Waals surface area contributed by atoms with Gasteiger partial charge < -0.3 is 15.6 Å². The van der Waals surface area contributed by atoms with E-state index in [2.05, 4.69) is 0 Å². The molecule has 0 fully saturated rings. The lowest BCUT2D eigenvalue weighted by Crippen LogP contribution is -2.21. The van der Waals surface area contributed by atoms with Gasteiger partial charge in [-0.1, -0.05) is 13.0 Å². The predicted octanol–water partition coefficient (Wildman–Crippen LogP) is 2.53. The van der Waals surface area contributed by atoms with Gasteiger partial charge in [-0.05, 0) is 30.0 Å². The number of halogens is 3. The van der Waals surface area contributed by atoms with Gasteiger partial charge in [-0.2, -0.15) is 13.2 Å². The summed E-state index contributed by atoms with van der Waals surface area (Å²) in [4.78, 5) is 0. The van der Waals surface area contributed by atoms with Crippen molar-refractivity contribution in [3.8, 4) is 5.75 Å². The number of ether oxygens (including phenoxy) is 1. The quantitative estimate of drug-likeness (QED) is 0.869. The number of rotatable bonds is 5. The van der Waals surface area contributed by atoms with E-state index in [4.69, 9.17) is 10.5 Å². The van der Waals surface area contributed by atoms with Crippen molar-refractivity contribution in [1.29, 1.82) is 0 Å². The van der Waals surface area contributed by atoms with Crippen molar-refractivity contribution in [2.24, 2.45) is 5.73 Å². The number of hydrogen-bond acceptors (Lipinski definition) is 3. The minimum atomic E-state index is -4.40. The maximum atomic E-state index is 12.6. The van der Waals surface area contributed by atoms with E-state index < -0.39 is 17.8 Å². The van der Waals surface area contributed by atoms with E-state index in [9.17, 15) is 18.3 Å². The number of alkyl halides is 3. The number of methoxy groups -OCH3 is 1. The lowest BCUT2D eigenvalue weighted by atomic mass is 9.93. The van der Waals surface area contributed by atoms with E-state index in [0.29, 0.717) is 12.0 Å². The van der Waals surface area contributed by atoms with Crippen molar-refractivity contribution in [3.05, 3.63) is 29.3 Å². The van der Waals surface area contributed by atoms with E-state index >= 15 is 0 Å². The normalized spacial score (nSPS) is 15.1. The Morgan fingerprint density at radius 1 is 1.37 bits per heavy atom. The molecule has 0 radical (unpaired) electrons. The Morgan fingerprint density at radius 3 is 2.47 bits per heavy atom. The van der Waals surface area contributed by atoms with Crippen LogP contribution in [-0.4, -0.2) is 24.9 Å². The molecule has 1 aromatic rings. The zero-order chi connectivity index (χ0) is 14.6. The summed E-state index contributed by atoms with van der Waals surface area (Å²) in [5.41, 5.74) is 5.20. The highest BCUT2D eigenvalue weighted by molar-refractivity contribution is 5.40. The van der Waals surface area contributed by atoms with Gasteiger partial charge in [-0.25, -0.2) is 0 Å². The lowest BCUT2D eigenvalue weighted by molar-refractivity contribution is -0.137. The maximum Gasteiger partial charge on any atom is 0.416 e. The van der Waals surface area contributed by atoms with Crippen molar-refractivity contribution in [2.75, 3.05) is 13.7 Å². The van der Waals surface area contributed by atoms with Crippen LogP contribution in [0.4, 0.5) is 13.2 Å². The van der Waals surface area contributed by atoms with Crippen molar-refractivity contribution in [1.82, 2.24) is 0 Å². The van der Waals surface area contributed by atoms with Crippen LogP contribution in [0, 0.1) is 0 Å². The number of aliphatic hydroxyl groups excluding tert-OH is 1. The number of nitrogens with two attached hydrogens (primary N) is 1. The third-order valence-electron chi connectivity index (χ3n) is 2.99. The van der Waals surface area contributed by atoms with Crippen molar-refractivity contribution >= 4 is 0 Å². The third kappa shape index (κ3) is 4.11. The highest BCUT2D eigenvalue weighted by Crippen LogP contribution is 2.36. The van der Waals surface area contributed by atoms with Crippen LogP contribution in [0.25, 0.3) is 0 Å². The molecule has 1 aromatic carbocycles. The average molecular weight is 277 g/mol. The first kappa shape index (κ1) is 15.8. The van der Waals surface area contributed by atoms with Crippen LogP contribution in [0.2, 0.25) is 0 Å². The molecule has 0 saturated heterocycles. The zero-order valence-corrected chi connectivity index (χ0v) is 10.9. The second-order valence-electron chi connectivity index (χ2n) is 4.48. The van der Waals surface area contributed by atoms with Gasteiger partial charge in [0, 0.05) is 6.54 Å². The van der Waals surface area contributed by atoms with Gasteiger partial charge in [0.05, 0.1) is 18.8 Å². The summed E-state index contributed by atoms with van der Waals surface area (Å²) in [7, 11) is 1.32. The number of hydrogen-bond donors (Lipinski definition) is 2. The molecular formula is C13H18F3NO2. The van der Waals surface area contributed by atoms with Gasteiger partial charge in [0.2, 0.25) is 0 Å². The first-order valence-electron chi connectivity index (χ1n) is 5.92. The summed E-state index contributed by atoms with van der Waals surface area (Å²) in [6.07, 6.45) is -4.70. The number of aliphatic hydroxyl groups is 1. The van der Waals surface area contributed by atoms with Crippen LogP contribution < -0.4 is 10.5 Å². The summed E-state index contributed by atoms with van der Waals surface area (Å²) >= 11 is 0. The molecule has 19 heavy (non-hydrogen) atoms. The summed E-state index contributed by atoms with van der Waals surface area (Å²) in [5.74, 6) is 0.0299. The monoisotopic (exact) mass is 277 g/mol. The van der Waals surface area contributed by atoms with Gasteiger partial charge in [-0.3, -0.25) is 0 Å². The minimum Gasteiger partial charge on any atom is -0.496 e. The van der Waals surface area contributed by atoms with E-state index in [1.807, 2.05) is 6.92 Å². The molecule has 108 valence electrons. The standard InChI is InChI=1S/C13H18F3NO2/c1-8(5-10(18)7-17)11-4-3-9(13(14,15)16)6-12(11)19-2/h3-4,6,8,10,18H,5,7,17H2,1-2H3. The molecule has 3 N–H and O–H groups in total. The van der Waals surface area contributed by atoms with Crippen molar-refractivity contribution in [3.63, 3.8) is 0 Å². The highest BCUT2D eigenvalue weighted by Gasteiger charge is 2.31. The summed E-state index contributed by atoms with van der Waals surface area (Å²) in [6, 6.07) is 3.37. The van der Waals surface area contributed by atoms with Gasteiger partial charge in [0.1, 0.15) is 5.75 Å². The predicted molar refractivity (Wildman–Crippen MR) is 66.1 cm³/mol. The largest absolute Gasteiger partial charge is 0.496 e. The first-order chi connectivity index (χ1) is 8.79. The van der Waals surface area contributed by atoms with E-state index in [1.165, 1.54) is 13.2 Å². The molecule has 0 amide bonds. The molecule has 2 atom stereocenters. The number of benzene rings is 1. The van der Waals surface area contributed by atoms with Gasteiger partial charge >= 0.3 is 6.18 Å². The molecule has 1 rings (SSSR count). The third-order valence-corrected chi connectivity index (χ3v) is 2.99.